The van der Waals surface area contributed by atoms with Crippen LogP contribution in [-0.2, 0) is 0 Å². The second-order valence-corrected chi connectivity index (χ2v) is 2.61. The Hall–Kier alpha value is -0.440. The van der Waals surface area contributed by atoms with Crippen LogP contribution in [0, 0.1) is 0 Å². The molecule has 0 aliphatic carbocycles. The summed E-state index contributed by atoms with van der Waals surface area (Å²) >= 11 is 0. The van der Waals surface area contributed by atoms with Crippen LogP contribution in [0.2, 0.25) is 0 Å². The van der Waals surface area contributed by atoms with Crippen LogP contribution in [0.15, 0.2) is 10.2 Å². The van der Waals surface area contributed by atoms with Crippen LogP contribution in [0.5, 0.6) is 0 Å². The van der Waals surface area contributed by atoms with Gasteiger partial charge >= 0.3 is 0 Å². The van der Waals surface area contributed by atoms with Crippen molar-refractivity contribution in [1.82, 2.24) is 4.90 Å². The molecule has 10 heavy (non-hydrogen) atoms. The molecule has 0 radical (unpaired) electrons. The van der Waals surface area contributed by atoms with Gasteiger partial charge in [-0.05, 0) is 20.0 Å². The lowest BCUT2D eigenvalue weighted by atomic mass is 10.2. The van der Waals surface area contributed by atoms with E-state index in [1.807, 2.05) is 0 Å². The molecule has 58 valence electrons. The van der Waals surface area contributed by atoms with Gasteiger partial charge in [0.15, 0.2) is 6.17 Å². The van der Waals surface area contributed by atoms with Crippen molar-refractivity contribution >= 4 is 0 Å². The predicted molar refractivity (Wildman–Crippen MR) is 41.0 cm³/mol. The molecule has 0 aromatic heterocycles. The minimum Gasteiger partial charge on any atom is -0.297 e. The second-order valence-electron chi connectivity index (χ2n) is 2.61. The molecule has 1 unspecified atom stereocenters. The monoisotopic (exact) mass is 141 g/mol. The Morgan fingerprint density at radius 3 is 2.10 bits per heavy atom. The minimum atomic E-state index is 0.278. The van der Waals surface area contributed by atoms with Crippen LogP contribution in [-0.4, -0.2) is 30.2 Å². The number of nitrogens with zero attached hydrogens (tertiary/aromatic N) is 3. The Morgan fingerprint density at radius 2 is 1.80 bits per heavy atom. The van der Waals surface area contributed by atoms with Crippen LogP contribution >= 0.6 is 0 Å². The third-order valence-electron chi connectivity index (χ3n) is 2.07. The van der Waals surface area contributed by atoms with Gasteiger partial charge in [-0.15, -0.1) is 0 Å². The summed E-state index contributed by atoms with van der Waals surface area (Å²) in [5, 5.41) is 7.80. The van der Waals surface area contributed by atoms with E-state index in [-0.39, 0.29) is 6.17 Å². The summed E-state index contributed by atoms with van der Waals surface area (Å²) in [7, 11) is 0. The van der Waals surface area contributed by atoms with Crippen molar-refractivity contribution < 1.29 is 0 Å². The maximum Gasteiger partial charge on any atom is 0.196 e. The zero-order valence-corrected chi connectivity index (χ0v) is 6.91. The van der Waals surface area contributed by atoms with Gasteiger partial charge in [-0.25, -0.2) is 0 Å². The Balaban J connectivity index is 2.28. The highest BCUT2D eigenvalue weighted by Gasteiger charge is 2.27. The van der Waals surface area contributed by atoms with E-state index < -0.39 is 0 Å². The molecule has 0 bridgehead atoms. The van der Waals surface area contributed by atoms with Crippen molar-refractivity contribution in [3.63, 3.8) is 0 Å². The number of rotatable bonds is 4. The molecule has 1 aliphatic rings. The number of likely N-dealkylation sites (N-methyl/N-ethyl adjacent to an activating group) is 1. The van der Waals surface area contributed by atoms with Crippen molar-refractivity contribution in [2.75, 3.05) is 13.1 Å². The van der Waals surface area contributed by atoms with Crippen molar-refractivity contribution in [3.05, 3.63) is 0 Å². The van der Waals surface area contributed by atoms with E-state index >= 15 is 0 Å². The zero-order chi connectivity index (χ0) is 7.56. The molecule has 0 N–H and O–H groups in total. The molecule has 1 heterocycles. The molecule has 1 aliphatic heterocycles. The number of hydrogen-bond acceptors (Lipinski definition) is 3. The molecule has 3 nitrogen and oxygen atoms in total. The van der Waals surface area contributed by atoms with E-state index in [0.29, 0.717) is 6.04 Å². The fourth-order valence-electron chi connectivity index (χ4n) is 1.22. The molecule has 0 aromatic carbocycles. The fourth-order valence-corrected chi connectivity index (χ4v) is 1.22. The molecular weight excluding hydrogens is 126 g/mol. The highest BCUT2D eigenvalue weighted by Crippen LogP contribution is 2.18. The predicted octanol–water partition coefficient (Wildman–Crippen LogP) is 1.51. The smallest absolute Gasteiger partial charge is 0.196 e. The molecule has 0 amide bonds. The van der Waals surface area contributed by atoms with Crippen LogP contribution in [0.1, 0.15) is 20.8 Å². The van der Waals surface area contributed by atoms with Crippen molar-refractivity contribution in [3.8, 4) is 0 Å². The summed E-state index contributed by atoms with van der Waals surface area (Å²) in [6, 6.07) is 0.509. The molecule has 0 saturated carbocycles. The van der Waals surface area contributed by atoms with Crippen molar-refractivity contribution in [2.45, 2.75) is 33.0 Å². The SMILES string of the molecule is CCN(CC)C(C)C1N=N1. The van der Waals surface area contributed by atoms with Gasteiger partial charge in [-0.1, -0.05) is 13.8 Å². The lowest BCUT2D eigenvalue weighted by Gasteiger charge is -2.23. The van der Waals surface area contributed by atoms with Gasteiger partial charge in [-0.3, -0.25) is 4.90 Å². The summed E-state index contributed by atoms with van der Waals surface area (Å²) in [6.07, 6.45) is 0.278. The summed E-state index contributed by atoms with van der Waals surface area (Å²) in [4.78, 5) is 2.37. The third-order valence-corrected chi connectivity index (χ3v) is 2.07. The molecule has 0 spiro atoms. The molecular formula is C7H15N3. The second kappa shape index (κ2) is 3.10. The van der Waals surface area contributed by atoms with E-state index in [1.54, 1.807) is 0 Å². The van der Waals surface area contributed by atoms with Gasteiger partial charge in [0.05, 0.1) is 6.04 Å². The lowest BCUT2D eigenvalue weighted by molar-refractivity contribution is 0.225. The molecule has 1 rings (SSSR count). The quantitative estimate of drug-likeness (QED) is 0.583. The first-order valence-electron chi connectivity index (χ1n) is 3.93. The number of hydrogen-bond donors (Lipinski definition) is 0. The molecule has 0 saturated heterocycles. The van der Waals surface area contributed by atoms with Crippen molar-refractivity contribution in [2.24, 2.45) is 10.2 Å². The largest absolute Gasteiger partial charge is 0.297 e. The van der Waals surface area contributed by atoms with Gasteiger partial charge < -0.3 is 0 Å². The molecule has 3 heteroatoms. The maximum atomic E-state index is 3.90. The fraction of sp³-hybridized carbons (Fsp3) is 1.00. The average Bonchev–Trinajstić information content (AvgIpc) is 2.71. The van der Waals surface area contributed by atoms with Gasteiger partial charge in [0.25, 0.3) is 0 Å². The van der Waals surface area contributed by atoms with Gasteiger partial charge in [0.1, 0.15) is 0 Å². The van der Waals surface area contributed by atoms with Gasteiger partial charge in [0, 0.05) is 0 Å². The van der Waals surface area contributed by atoms with Gasteiger partial charge in [0.2, 0.25) is 0 Å². The summed E-state index contributed by atoms with van der Waals surface area (Å²) < 4.78 is 0. The summed E-state index contributed by atoms with van der Waals surface area (Å²) in [6.45, 7) is 8.71. The van der Waals surface area contributed by atoms with Crippen molar-refractivity contribution in [1.29, 1.82) is 0 Å². The van der Waals surface area contributed by atoms with Crippen LogP contribution < -0.4 is 0 Å². The standard InChI is InChI=1S/C7H15N3/c1-4-10(5-2)6(3)7-8-9-7/h6-7H,4-5H2,1-3H3. The highest BCUT2D eigenvalue weighted by molar-refractivity contribution is 4.83. The Labute approximate surface area is 62.1 Å². The highest BCUT2D eigenvalue weighted by atomic mass is 15.4. The summed E-state index contributed by atoms with van der Waals surface area (Å²) in [5.41, 5.74) is 0. The Morgan fingerprint density at radius 1 is 1.30 bits per heavy atom. The van der Waals surface area contributed by atoms with E-state index in [2.05, 4.69) is 35.9 Å². The zero-order valence-electron chi connectivity index (χ0n) is 6.91. The first kappa shape index (κ1) is 7.66. The minimum absolute atomic E-state index is 0.278. The first-order chi connectivity index (χ1) is 4.79. The van der Waals surface area contributed by atoms with E-state index in [0.717, 1.165) is 13.1 Å². The lowest BCUT2D eigenvalue weighted by Crippen LogP contribution is -2.36. The normalized spacial score (nSPS) is 20.0. The summed E-state index contributed by atoms with van der Waals surface area (Å²) in [5.74, 6) is 0. The van der Waals surface area contributed by atoms with Gasteiger partial charge in [-0.2, -0.15) is 10.2 Å². The van der Waals surface area contributed by atoms with Crippen LogP contribution in [0.3, 0.4) is 0 Å². The van der Waals surface area contributed by atoms with E-state index in [4.69, 9.17) is 0 Å². The van der Waals surface area contributed by atoms with E-state index in [9.17, 15) is 0 Å². The van der Waals surface area contributed by atoms with E-state index in [1.165, 1.54) is 0 Å². The molecule has 0 aromatic rings. The Kier molecular flexibility index (Phi) is 2.38. The first-order valence-corrected chi connectivity index (χ1v) is 3.93. The Bertz CT molecular complexity index is 123. The maximum absolute atomic E-state index is 3.90. The molecule has 0 fully saturated rings. The average molecular weight is 141 g/mol. The van der Waals surface area contributed by atoms with Crippen LogP contribution in [0.4, 0.5) is 0 Å². The third kappa shape index (κ3) is 1.53. The van der Waals surface area contributed by atoms with Crippen LogP contribution in [0.25, 0.3) is 0 Å². The topological polar surface area (TPSA) is 28.0 Å². The molecule has 1 atom stereocenters.